The minimum Gasteiger partial charge on any atom is -0.445 e. The number of carbonyl (C=O) groups excluding carboxylic acids is 1. The molecule has 1 aromatic rings. The van der Waals surface area contributed by atoms with Crippen molar-refractivity contribution in [1.82, 2.24) is 4.90 Å². The molecule has 0 fully saturated rings. The standard InChI is InChI=1S/C13H19NO4/c1-14(8-12(15)10-17-2)13(16)18-9-11-6-4-3-5-7-11/h3-7,12,15H,8-10H2,1-2H3. The highest BCUT2D eigenvalue weighted by atomic mass is 16.6. The minimum absolute atomic E-state index is 0.182. The van der Waals surface area contributed by atoms with Crippen molar-refractivity contribution in [2.75, 3.05) is 27.3 Å². The molecule has 0 aliphatic rings. The predicted molar refractivity (Wildman–Crippen MR) is 67.1 cm³/mol. The molecule has 0 radical (unpaired) electrons. The fourth-order valence-corrected chi connectivity index (χ4v) is 1.47. The summed E-state index contributed by atoms with van der Waals surface area (Å²) >= 11 is 0. The number of nitrogens with zero attached hydrogens (tertiary/aromatic N) is 1. The molecule has 0 saturated heterocycles. The van der Waals surface area contributed by atoms with Crippen LogP contribution in [-0.4, -0.2) is 49.5 Å². The molecule has 1 atom stereocenters. The van der Waals surface area contributed by atoms with Crippen LogP contribution in [0.3, 0.4) is 0 Å². The molecule has 5 nitrogen and oxygen atoms in total. The molecule has 1 aromatic carbocycles. The number of ether oxygens (including phenoxy) is 2. The van der Waals surface area contributed by atoms with Crippen LogP contribution in [0.25, 0.3) is 0 Å². The van der Waals surface area contributed by atoms with Crippen LogP contribution in [-0.2, 0) is 16.1 Å². The van der Waals surface area contributed by atoms with Gasteiger partial charge in [0.2, 0.25) is 0 Å². The maximum absolute atomic E-state index is 11.6. The maximum Gasteiger partial charge on any atom is 0.409 e. The van der Waals surface area contributed by atoms with E-state index in [1.54, 1.807) is 7.05 Å². The first kappa shape index (κ1) is 14.5. The van der Waals surface area contributed by atoms with Gasteiger partial charge in [0.15, 0.2) is 0 Å². The van der Waals surface area contributed by atoms with Gasteiger partial charge in [0, 0.05) is 14.2 Å². The molecular weight excluding hydrogens is 234 g/mol. The second kappa shape index (κ2) is 7.68. The van der Waals surface area contributed by atoms with Crippen LogP contribution < -0.4 is 0 Å². The van der Waals surface area contributed by atoms with E-state index in [0.717, 1.165) is 5.56 Å². The van der Waals surface area contributed by atoms with Crippen molar-refractivity contribution in [3.05, 3.63) is 35.9 Å². The molecular formula is C13H19NO4. The van der Waals surface area contributed by atoms with Gasteiger partial charge in [-0.15, -0.1) is 0 Å². The van der Waals surface area contributed by atoms with Crippen LogP contribution >= 0.6 is 0 Å². The van der Waals surface area contributed by atoms with E-state index in [0.29, 0.717) is 0 Å². The molecule has 0 saturated carbocycles. The number of amides is 1. The number of aliphatic hydroxyl groups is 1. The van der Waals surface area contributed by atoms with Crippen LogP contribution in [0.5, 0.6) is 0 Å². The molecule has 18 heavy (non-hydrogen) atoms. The molecule has 1 unspecified atom stereocenters. The van der Waals surface area contributed by atoms with E-state index in [1.165, 1.54) is 12.0 Å². The Labute approximate surface area is 107 Å². The lowest BCUT2D eigenvalue weighted by Gasteiger charge is -2.20. The number of hydrogen-bond donors (Lipinski definition) is 1. The highest BCUT2D eigenvalue weighted by Crippen LogP contribution is 2.02. The van der Waals surface area contributed by atoms with E-state index in [9.17, 15) is 9.90 Å². The Morgan fingerprint density at radius 1 is 1.39 bits per heavy atom. The summed E-state index contributed by atoms with van der Waals surface area (Å²) in [4.78, 5) is 12.9. The van der Waals surface area contributed by atoms with Gasteiger partial charge in [-0.1, -0.05) is 30.3 Å². The van der Waals surface area contributed by atoms with Crippen LogP contribution in [0.2, 0.25) is 0 Å². The van der Waals surface area contributed by atoms with Crippen LogP contribution in [0.15, 0.2) is 30.3 Å². The number of methoxy groups -OCH3 is 1. The van der Waals surface area contributed by atoms with Gasteiger partial charge in [-0.2, -0.15) is 0 Å². The minimum atomic E-state index is -0.704. The Balaban J connectivity index is 2.32. The summed E-state index contributed by atoms with van der Waals surface area (Å²) in [5, 5.41) is 9.48. The van der Waals surface area contributed by atoms with E-state index < -0.39 is 12.2 Å². The number of hydrogen-bond acceptors (Lipinski definition) is 4. The highest BCUT2D eigenvalue weighted by Gasteiger charge is 2.14. The molecule has 0 heterocycles. The zero-order valence-corrected chi connectivity index (χ0v) is 10.7. The highest BCUT2D eigenvalue weighted by molar-refractivity contribution is 5.67. The molecule has 1 rings (SSSR count). The van der Waals surface area contributed by atoms with Gasteiger partial charge in [-0.3, -0.25) is 0 Å². The van der Waals surface area contributed by atoms with Crippen molar-refractivity contribution in [2.45, 2.75) is 12.7 Å². The SMILES string of the molecule is COCC(O)CN(C)C(=O)OCc1ccccc1. The van der Waals surface area contributed by atoms with Gasteiger partial charge in [0.1, 0.15) is 6.61 Å². The Hall–Kier alpha value is -1.59. The summed E-state index contributed by atoms with van der Waals surface area (Å²) in [5.74, 6) is 0. The van der Waals surface area contributed by atoms with Crippen molar-refractivity contribution < 1.29 is 19.4 Å². The Bertz CT molecular complexity index is 355. The number of benzene rings is 1. The largest absolute Gasteiger partial charge is 0.445 e. The van der Waals surface area contributed by atoms with Crippen LogP contribution in [0.4, 0.5) is 4.79 Å². The van der Waals surface area contributed by atoms with Gasteiger partial charge in [-0.05, 0) is 5.56 Å². The molecule has 0 bridgehead atoms. The fraction of sp³-hybridized carbons (Fsp3) is 0.462. The zero-order chi connectivity index (χ0) is 13.4. The summed E-state index contributed by atoms with van der Waals surface area (Å²) in [7, 11) is 3.07. The zero-order valence-electron chi connectivity index (χ0n) is 10.7. The van der Waals surface area contributed by atoms with Crippen molar-refractivity contribution in [1.29, 1.82) is 0 Å². The van der Waals surface area contributed by atoms with E-state index in [4.69, 9.17) is 9.47 Å². The third-order valence-electron chi connectivity index (χ3n) is 2.36. The van der Waals surface area contributed by atoms with E-state index in [1.807, 2.05) is 30.3 Å². The molecule has 0 spiro atoms. The monoisotopic (exact) mass is 253 g/mol. The van der Waals surface area contributed by atoms with Crippen molar-refractivity contribution in [3.63, 3.8) is 0 Å². The van der Waals surface area contributed by atoms with Crippen molar-refractivity contribution >= 4 is 6.09 Å². The molecule has 100 valence electrons. The Kier molecular flexibility index (Phi) is 6.18. The Morgan fingerprint density at radius 2 is 2.06 bits per heavy atom. The lowest BCUT2D eigenvalue weighted by atomic mass is 10.2. The first-order valence-corrected chi connectivity index (χ1v) is 5.72. The van der Waals surface area contributed by atoms with Gasteiger partial charge in [0.25, 0.3) is 0 Å². The lowest BCUT2D eigenvalue weighted by Crippen LogP contribution is -2.36. The maximum atomic E-state index is 11.6. The number of rotatable bonds is 6. The predicted octanol–water partition coefficient (Wildman–Crippen LogP) is 1.26. The summed E-state index contributed by atoms with van der Waals surface area (Å²) < 4.78 is 9.89. The smallest absolute Gasteiger partial charge is 0.409 e. The van der Waals surface area contributed by atoms with Gasteiger partial charge < -0.3 is 19.5 Å². The molecule has 1 amide bonds. The topological polar surface area (TPSA) is 59.0 Å². The summed E-state index contributed by atoms with van der Waals surface area (Å²) in [6, 6.07) is 9.43. The first-order chi connectivity index (χ1) is 8.63. The Morgan fingerprint density at radius 3 is 2.67 bits per heavy atom. The third kappa shape index (κ3) is 5.16. The molecule has 0 aliphatic heterocycles. The molecule has 1 N–H and O–H groups in total. The average Bonchev–Trinajstić information content (AvgIpc) is 2.37. The van der Waals surface area contributed by atoms with Gasteiger partial charge in [0.05, 0.1) is 19.3 Å². The number of carbonyl (C=O) groups is 1. The summed E-state index contributed by atoms with van der Waals surface area (Å²) in [6.07, 6.45) is -1.17. The second-order valence-electron chi connectivity index (χ2n) is 4.03. The van der Waals surface area contributed by atoms with Gasteiger partial charge >= 0.3 is 6.09 Å². The lowest BCUT2D eigenvalue weighted by molar-refractivity contribution is 0.0360. The summed E-state index contributed by atoms with van der Waals surface area (Å²) in [6.45, 7) is 0.599. The normalized spacial score (nSPS) is 11.9. The van der Waals surface area contributed by atoms with E-state index in [2.05, 4.69) is 0 Å². The van der Waals surface area contributed by atoms with Crippen LogP contribution in [0, 0.1) is 0 Å². The number of aliphatic hydroxyl groups excluding tert-OH is 1. The average molecular weight is 253 g/mol. The molecule has 5 heteroatoms. The number of likely N-dealkylation sites (N-methyl/N-ethyl adjacent to an activating group) is 1. The summed E-state index contributed by atoms with van der Waals surface area (Å²) in [5.41, 5.74) is 0.927. The second-order valence-corrected chi connectivity index (χ2v) is 4.03. The third-order valence-corrected chi connectivity index (χ3v) is 2.36. The van der Waals surface area contributed by atoms with E-state index >= 15 is 0 Å². The first-order valence-electron chi connectivity index (χ1n) is 5.72. The van der Waals surface area contributed by atoms with Gasteiger partial charge in [-0.25, -0.2) is 4.79 Å². The van der Waals surface area contributed by atoms with Crippen molar-refractivity contribution in [2.24, 2.45) is 0 Å². The molecule has 0 aliphatic carbocycles. The quantitative estimate of drug-likeness (QED) is 0.829. The fourth-order valence-electron chi connectivity index (χ4n) is 1.47. The van der Waals surface area contributed by atoms with E-state index in [-0.39, 0.29) is 19.8 Å². The van der Waals surface area contributed by atoms with Crippen LogP contribution in [0.1, 0.15) is 5.56 Å². The van der Waals surface area contributed by atoms with Crippen molar-refractivity contribution in [3.8, 4) is 0 Å². The molecule has 0 aromatic heterocycles.